The van der Waals surface area contributed by atoms with Crippen molar-refractivity contribution >= 4 is 27.5 Å². The van der Waals surface area contributed by atoms with Crippen LogP contribution in [-0.2, 0) is 11.5 Å². The average molecular weight is 324 g/mol. The van der Waals surface area contributed by atoms with Gasteiger partial charge in [-0.15, -0.1) is 0 Å². The number of alkyl halides is 6. The molecule has 1 aromatic rings. The Bertz CT molecular complexity index is 393. The van der Waals surface area contributed by atoms with E-state index in [-0.39, 0.29) is 11.0 Å². The highest BCUT2D eigenvalue weighted by Crippen LogP contribution is 2.40. The summed E-state index contributed by atoms with van der Waals surface area (Å²) in [5, 5.41) is -0.648. The van der Waals surface area contributed by atoms with Gasteiger partial charge in [0.15, 0.2) is 0 Å². The zero-order valence-electron chi connectivity index (χ0n) is 7.45. The van der Waals surface area contributed by atoms with Crippen molar-refractivity contribution in [2.24, 2.45) is 0 Å². The van der Waals surface area contributed by atoms with Crippen molar-refractivity contribution in [3.8, 4) is 0 Å². The van der Waals surface area contributed by atoms with Crippen LogP contribution in [0.4, 0.5) is 22.0 Å². The molecule has 1 rings (SSSR count). The van der Waals surface area contributed by atoms with Crippen molar-refractivity contribution in [2.45, 2.75) is 17.9 Å². The van der Waals surface area contributed by atoms with E-state index in [0.29, 0.717) is 6.20 Å². The van der Waals surface area contributed by atoms with E-state index in [1.165, 1.54) is 0 Å². The van der Waals surface area contributed by atoms with Crippen LogP contribution in [0.2, 0.25) is 5.02 Å². The van der Waals surface area contributed by atoms with Crippen molar-refractivity contribution in [1.82, 2.24) is 4.98 Å². The maximum Gasteiger partial charge on any atom is 0.418 e. The van der Waals surface area contributed by atoms with Crippen LogP contribution in [-0.4, -0.2) is 4.98 Å². The monoisotopic (exact) mass is 323 g/mol. The summed E-state index contributed by atoms with van der Waals surface area (Å²) in [5.41, 5.74) is -2.78. The van der Waals surface area contributed by atoms with Gasteiger partial charge in [0.1, 0.15) is 0 Å². The molecule has 0 aliphatic rings. The van der Waals surface area contributed by atoms with Crippen LogP contribution in [0.15, 0.2) is 6.20 Å². The number of pyridine rings is 1. The van der Waals surface area contributed by atoms with Crippen LogP contribution in [0.1, 0.15) is 23.2 Å². The van der Waals surface area contributed by atoms with E-state index in [4.69, 9.17) is 11.6 Å². The second-order valence-electron chi connectivity index (χ2n) is 2.78. The molecule has 0 spiro atoms. The minimum Gasteiger partial charge on any atom is -0.258 e. The Labute approximate surface area is 101 Å². The van der Waals surface area contributed by atoms with E-state index in [1.807, 2.05) is 0 Å². The van der Waals surface area contributed by atoms with Gasteiger partial charge in [-0.1, -0.05) is 27.5 Å². The Balaban J connectivity index is 3.47. The Morgan fingerprint density at radius 1 is 1.38 bits per heavy atom. The third-order valence-electron chi connectivity index (χ3n) is 1.78. The van der Waals surface area contributed by atoms with Crippen molar-refractivity contribution in [1.29, 1.82) is 0 Å². The molecule has 1 nitrogen and oxygen atoms in total. The number of nitrogens with zero attached hydrogens (tertiary/aromatic N) is 1. The van der Waals surface area contributed by atoms with Crippen molar-refractivity contribution in [3.63, 3.8) is 0 Å². The Hall–Kier alpha value is -0.430. The molecule has 90 valence electrons. The molecule has 0 atom stereocenters. The van der Waals surface area contributed by atoms with Crippen LogP contribution < -0.4 is 0 Å². The summed E-state index contributed by atoms with van der Waals surface area (Å²) in [5.74, 6) is 0. The standard InChI is InChI=1S/C8H4BrClF5N/c9-1-4-6(10)5(7(11)12)3(2-16-4)8(13,14)15/h2,7H,1H2. The normalized spacial score (nSPS) is 12.2. The molecule has 0 aliphatic carbocycles. The Morgan fingerprint density at radius 2 is 1.94 bits per heavy atom. The SMILES string of the molecule is FC(F)c1c(C(F)(F)F)cnc(CBr)c1Cl. The Kier molecular flexibility index (Phi) is 4.12. The fourth-order valence-electron chi connectivity index (χ4n) is 1.07. The molecule has 0 unspecified atom stereocenters. The van der Waals surface area contributed by atoms with E-state index in [2.05, 4.69) is 20.9 Å². The van der Waals surface area contributed by atoms with Gasteiger partial charge in [0, 0.05) is 11.5 Å². The van der Waals surface area contributed by atoms with Gasteiger partial charge in [-0.3, -0.25) is 4.98 Å². The fourth-order valence-corrected chi connectivity index (χ4v) is 1.96. The maximum atomic E-state index is 12.5. The molecule has 0 bridgehead atoms. The second-order valence-corrected chi connectivity index (χ2v) is 3.72. The van der Waals surface area contributed by atoms with Crippen LogP contribution in [0.3, 0.4) is 0 Å². The van der Waals surface area contributed by atoms with E-state index in [0.717, 1.165) is 0 Å². The highest BCUT2D eigenvalue weighted by atomic mass is 79.9. The van der Waals surface area contributed by atoms with Crippen LogP contribution in [0.5, 0.6) is 0 Å². The van der Waals surface area contributed by atoms with Gasteiger partial charge in [0.05, 0.1) is 21.8 Å². The molecule has 1 aromatic heterocycles. The average Bonchev–Trinajstić information content (AvgIpc) is 2.15. The highest BCUT2D eigenvalue weighted by molar-refractivity contribution is 9.08. The third kappa shape index (κ3) is 2.63. The van der Waals surface area contributed by atoms with E-state index < -0.39 is 28.8 Å². The molecule has 0 amide bonds. The molecule has 0 N–H and O–H groups in total. The number of hydrogen-bond acceptors (Lipinski definition) is 1. The van der Waals surface area contributed by atoms with E-state index in [1.54, 1.807) is 0 Å². The fraction of sp³-hybridized carbons (Fsp3) is 0.375. The lowest BCUT2D eigenvalue weighted by Crippen LogP contribution is -2.12. The van der Waals surface area contributed by atoms with Crippen LogP contribution >= 0.6 is 27.5 Å². The van der Waals surface area contributed by atoms with Gasteiger partial charge in [-0.25, -0.2) is 8.78 Å². The summed E-state index contributed by atoms with van der Waals surface area (Å²) in [6, 6.07) is 0. The quantitative estimate of drug-likeness (QED) is 0.573. The molecular formula is C8H4BrClF5N. The van der Waals surface area contributed by atoms with Gasteiger partial charge >= 0.3 is 6.18 Å². The molecule has 16 heavy (non-hydrogen) atoms. The van der Waals surface area contributed by atoms with Crippen molar-refractivity contribution in [3.05, 3.63) is 28.0 Å². The third-order valence-corrected chi connectivity index (χ3v) is 2.73. The molecule has 1 heterocycles. The summed E-state index contributed by atoms with van der Waals surface area (Å²) < 4.78 is 62.2. The summed E-state index contributed by atoms with van der Waals surface area (Å²) in [7, 11) is 0. The summed E-state index contributed by atoms with van der Waals surface area (Å²) >= 11 is 8.34. The van der Waals surface area contributed by atoms with E-state index in [9.17, 15) is 22.0 Å². The molecular weight excluding hydrogens is 320 g/mol. The van der Waals surface area contributed by atoms with Gasteiger partial charge in [0.2, 0.25) is 0 Å². The minimum absolute atomic E-state index is 0.00366. The Morgan fingerprint density at radius 3 is 2.31 bits per heavy atom. The number of aromatic nitrogens is 1. The van der Waals surface area contributed by atoms with Crippen molar-refractivity contribution in [2.75, 3.05) is 0 Å². The highest BCUT2D eigenvalue weighted by Gasteiger charge is 2.38. The topological polar surface area (TPSA) is 12.9 Å². The van der Waals surface area contributed by atoms with Gasteiger partial charge in [-0.2, -0.15) is 13.2 Å². The van der Waals surface area contributed by atoms with Gasteiger partial charge in [-0.05, 0) is 0 Å². The number of halogens is 7. The minimum atomic E-state index is -4.90. The molecule has 0 aromatic carbocycles. The molecule has 0 fully saturated rings. The first-order valence-electron chi connectivity index (χ1n) is 3.87. The molecule has 0 radical (unpaired) electrons. The summed E-state index contributed by atoms with van der Waals surface area (Å²) in [4.78, 5) is 3.37. The molecule has 0 saturated heterocycles. The lowest BCUT2D eigenvalue weighted by molar-refractivity contribution is -0.139. The largest absolute Gasteiger partial charge is 0.418 e. The number of hydrogen-bond donors (Lipinski definition) is 0. The predicted molar refractivity (Wildman–Crippen MR) is 51.8 cm³/mol. The van der Waals surface area contributed by atoms with Crippen LogP contribution in [0, 0.1) is 0 Å². The first-order chi connectivity index (χ1) is 7.29. The summed E-state index contributed by atoms with van der Waals surface area (Å²) in [6.45, 7) is 0. The smallest absolute Gasteiger partial charge is 0.258 e. The molecule has 8 heteroatoms. The van der Waals surface area contributed by atoms with Gasteiger partial charge in [0.25, 0.3) is 6.43 Å². The number of rotatable bonds is 2. The first-order valence-corrected chi connectivity index (χ1v) is 5.37. The zero-order chi connectivity index (χ0) is 12.5. The maximum absolute atomic E-state index is 12.5. The second kappa shape index (κ2) is 4.83. The van der Waals surface area contributed by atoms with E-state index >= 15 is 0 Å². The first kappa shape index (κ1) is 13.6. The summed E-state index contributed by atoms with van der Waals surface area (Å²) in [6.07, 6.45) is -7.83. The van der Waals surface area contributed by atoms with Crippen molar-refractivity contribution < 1.29 is 22.0 Å². The lowest BCUT2D eigenvalue weighted by atomic mass is 10.1. The lowest BCUT2D eigenvalue weighted by Gasteiger charge is -2.14. The van der Waals surface area contributed by atoms with Crippen LogP contribution in [0.25, 0.3) is 0 Å². The van der Waals surface area contributed by atoms with Gasteiger partial charge < -0.3 is 0 Å². The predicted octanol–water partition coefficient (Wildman–Crippen LogP) is 4.59. The zero-order valence-corrected chi connectivity index (χ0v) is 9.80. The molecule has 0 aliphatic heterocycles. The molecule has 0 saturated carbocycles.